The van der Waals surface area contributed by atoms with Crippen molar-refractivity contribution in [3.63, 3.8) is 0 Å². The van der Waals surface area contributed by atoms with Gasteiger partial charge < -0.3 is 10.3 Å². The minimum atomic E-state index is -0.128. The van der Waals surface area contributed by atoms with E-state index in [9.17, 15) is 9.59 Å². The zero-order valence-electron chi connectivity index (χ0n) is 9.49. The number of rotatable bonds is 4. The summed E-state index contributed by atoms with van der Waals surface area (Å²) in [5.74, 6) is -0.248. The van der Waals surface area contributed by atoms with E-state index in [0.717, 1.165) is 5.39 Å². The molecule has 0 aliphatic rings. The Kier molecular flexibility index (Phi) is 3.18. The molecule has 0 saturated heterocycles. The third kappa shape index (κ3) is 2.33. The minimum absolute atomic E-state index is 0.0223. The molecule has 0 radical (unpaired) electrons. The summed E-state index contributed by atoms with van der Waals surface area (Å²) in [5.41, 5.74) is 1.24. The van der Waals surface area contributed by atoms with Gasteiger partial charge in [-0.15, -0.1) is 0 Å². The molecule has 0 fully saturated rings. The number of carbonyl (C=O) groups excluding carboxylic acids is 2. The van der Waals surface area contributed by atoms with Crippen LogP contribution in [0.4, 0.5) is 0 Å². The standard InChI is InChI=1S/C12H13N3O2/c1-2-11(17)14-7-10(16)9-6-15-12-8(9)4-3-5-13-12/h3-6H,2,7H2,1H3,(H,13,15)(H,14,17). The Morgan fingerprint density at radius 1 is 1.47 bits per heavy atom. The first kappa shape index (κ1) is 11.3. The van der Waals surface area contributed by atoms with Crippen LogP contribution in [0.5, 0.6) is 0 Å². The van der Waals surface area contributed by atoms with Gasteiger partial charge in [-0.05, 0) is 12.1 Å². The van der Waals surface area contributed by atoms with Crippen molar-refractivity contribution < 1.29 is 9.59 Å². The van der Waals surface area contributed by atoms with Gasteiger partial charge in [0.2, 0.25) is 5.91 Å². The first-order valence-corrected chi connectivity index (χ1v) is 5.44. The lowest BCUT2D eigenvalue weighted by atomic mass is 10.1. The minimum Gasteiger partial charge on any atom is -0.349 e. The molecule has 2 rings (SSSR count). The Bertz CT molecular complexity index is 560. The monoisotopic (exact) mass is 231 g/mol. The van der Waals surface area contributed by atoms with Gasteiger partial charge in [-0.2, -0.15) is 0 Å². The fourth-order valence-corrected chi connectivity index (χ4v) is 1.59. The number of hydrogen-bond acceptors (Lipinski definition) is 3. The van der Waals surface area contributed by atoms with Gasteiger partial charge in [0.25, 0.3) is 0 Å². The number of H-pyrrole nitrogens is 1. The summed E-state index contributed by atoms with van der Waals surface area (Å²) >= 11 is 0. The summed E-state index contributed by atoms with van der Waals surface area (Å²) in [5, 5.41) is 3.34. The maximum absolute atomic E-state index is 11.9. The Balaban J connectivity index is 2.17. The number of pyridine rings is 1. The van der Waals surface area contributed by atoms with Crippen LogP contribution in [0.2, 0.25) is 0 Å². The molecular formula is C12H13N3O2. The highest BCUT2D eigenvalue weighted by Crippen LogP contribution is 2.15. The number of hydrogen-bond donors (Lipinski definition) is 2. The fourth-order valence-electron chi connectivity index (χ4n) is 1.59. The molecule has 1 amide bonds. The number of Topliss-reactive ketones (excluding diaryl/α,β-unsaturated/α-hetero) is 1. The number of aromatic amines is 1. The van der Waals surface area contributed by atoms with E-state index in [4.69, 9.17) is 0 Å². The highest BCUT2D eigenvalue weighted by Gasteiger charge is 2.12. The van der Waals surface area contributed by atoms with E-state index >= 15 is 0 Å². The van der Waals surface area contributed by atoms with Crippen molar-refractivity contribution in [2.24, 2.45) is 0 Å². The van der Waals surface area contributed by atoms with Crippen molar-refractivity contribution in [3.05, 3.63) is 30.1 Å². The second-order valence-electron chi connectivity index (χ2n) is 3.66. The Morgan fingerprint density at radius 2 is 2.29 bits per heavy atom. The maximum Gasteiger partial charge on any atom is 0.220 e. The average molecular weight is 231 g/mol. The zero-order valence-corrected chi connectivity index (χ0v) is 9.49. The van der Waals surface area contributed by atoms with E-state index < -0.39 is 0 Å². The number of nitrogens with zero attached hydrogens (tertiary/aromatic N) is 1. The maximum atomic E-state index is 11.9. The van der Waals surface area contributed by atoms with Gasteiger partial charge in [0.1, 0.15) is 5.65 Å². The third-order valence-corrected chi connectivity index (χ3v) is 2.52. The number of nitrogens with one attached hydrogen (secondary N) is 2. The van der Waals surface area contributed by atoms with E-state index in [-0.39, 0.29) is 18.2 Å². The van der Waals surface area contributed by atoms with Crippen LogP contribution in [-0.4, -0.2) is 28.2 Å². The number of amides is 1. The molecule has 0 atom stereocenters. The molecule has 0 bridgehead atoms. The van der Waals surface area contributed by atoms with E-state index in [2.05, 4.69) is 15.3 Å². The van der Waals surface area contributed by atoms with Crippen molar-refractivity contribution in [2.75, 3.05) is 6.54 Å². The van der Waals surface area contributed by atoms with Gasteiger partial charge in [-0.25, -0.2) is 4.98 Å². The van der Waals surface area contributed by atoms with Crippen molar-refractivity contribution in [1.29, 1.82) is 0 Å². The first-order valence-electron chi connectivity index (χ1n) is 5.44. The van der Waals surface area contributed by atoms with E-state index in [0.29, 0.717) is 17.6 Å². The van der Waals surface area contributed by atoms with E-state index in [1.807, 2.05) is 6.07 Å². The molecule has 5 heteroatoms. The van der Waals surface area contributed by atoms with Crippen molar-refractivity contribution in [2.45, 2.75) is 13.3 Å². The predicted molar refractivity (Wildman–Crippen MR) is 63.7 cm³/mol. The SMILES string of the molecule is CCC(=O)NCC(=O)c1c[nH]c2ncccc12. The van der Waals surface area contributed by atoms with E-state index in [1.165, 1.54) is 0 Å². The van der Waals surface area contributed by atoms with Crippen molar-refractivity contribution in [3.8, 4) is 0 Å². The molecule has 5 nitrogen and oxygen atoms in total. The van der Waals surface area contributed by atoms with Gasteiger partial charge in [0.05, 0.1) is 6.54 Å². The van der Waals surface area contributed by atoms with Gasteiger partial charge in [-0.1, -0.05) is 6.92 Å². The molecule has 2 N–H and O–H groups in total. The first-order chi connectivity index (χ1) is 8.22. The summed E-state index contributed by atoms with van der Waals surface area (Å²) in [6.07, 6.45) is 3.66. The average Bonchev–Trinajstić information content (AvgIpc) is 2.79. The molecule has 0 aliphatic heterocycles. The summed E-state index contributed by atoms with van der Waals surface area (Å²) in [4.78, 5) is 30.0. The number of fused-ring (bicyclic) bond motifs is 1. The summed E-state index contributed by atoms with van der Waals surface area (Å²) in [6, 6.07) is 3.60. The molecule has 2 aromatic rings. The number of aromatic nitrogens is 2. The second-order valence-corrected chi connectivity index (χ2v) is 3.66. The van der Waals surface area contributed by atoms with Crippen LogP contribution >= 0.6 is 0 Å². The van der Waals surface area contributed by atoms with Gasteiger partial charge in [-0.3, -0.25) is 9.59 Å². The zero-order chi connectivity index (χ0) is 12.3. The summed E-state index contributed by atoms with van der Waals surface area (Å²) < 4.78 is 0. The van der Waals surface area contributed by atoms with Crippen LogP contribution in [0.15, 0.2) is 24.5 Å². The highest BCUT2D eigenvalue weighted by atomic mass is 16.2. The second kappa shape index (κ2) is 4.78. The topological polar surface area (TPSA) is 74.8 Å². The summed E-state index contributed by atoms with van der Waals surface area (Å²) in [7, 11) is 0. The molecule has 2 heterocycles. The van der Waals surface area contributed by atoms with Crippen molar-refractivity contribution >= 4 is 22.7 Å². The molecule has 0 unspecified atom stereocenters. The number of carbonyl (C=O) groups is 2. The molecule has 2 aromatic heterocycles. The molecule has 0 spiro atoms. The smallest absolute Gasteiger partial charge is 0.220 e. The lowest BCUT2D eigenvalue weighted by Gasteiger charge is -2.01. The third-order valence-electron chi connectivity index (χ3n) is 2.52. The normalized spacial score (nSPS) is 10.4. The Labute approximate surface area is 98.2 Å². The van der Waals surface area contributed by atoms with Crippen LogP contribution < -0.4 is 5.32 Å². The van der Waals surface area contributed by atoms with Crippen LogP contribution in [-0.2, 0) is 4.79 Å². The molecule has 0 aliphatic carbocycles. The molecular weight excluding hydrogens is 218 g/mol. The molecule has 0 saturated carbocycles. The van der Waals surface area contributed by atoms with Crippen LogP contribution in [0.1, 0.15) is 23.7 Å². The summed E-state index contributed by atoms with van der Waals surface area (Å²) in [6.45, 7) is 1.77. The quantitative estimate of drug-likeness (QED) is 0.778. The fraction of sp³-hybridized carbons (Fsp3) is 0.250. The Morgan fingerprint density at radius 3 is 3.06 bits per heavy atom. The van der Waals surface area contributed by atoms with Crippen LogP contribution in [0, 0.1) is 0 Å². The predicted octanol–water partition coefficient (Wildman–Crippen LogP) is 1.27. The van der Waals surface area contributed by atoms with Crippen molar-refractivity contribution in [1.82, 2.24) is 15.3 Å². The van der Waals surface area contributed by atoms with Gasteiger partial charge in [0.15, 0.2) is 5.78 Å². The lowest BCUT2D eigenvalue weighted by Crippen LogP contribution is -2.28. The largest absolute Gasteiger partial charge is 0.349 e. The molecule has 17 heavy (non-hydrogen) atoms. The van der Waals surface area contributed by atoms with Gasteiger partial charge >= 0.3 is 0 Å². The Hall–Kier alpha value is -2.17. The molecule has 88 valence electrons. The lowest BCUT2D eigenvalue weighted by molar-refractivity contribution is -0.120. The van der Waals surface area contributed by atoms with Gasteiger partial charge in [0, 0.05) is 29.8 Å². The van der Waals surface area contributed by atoms with Crippen LogP contribution in [0.3, 0.4) is 0 Å². The van der Waals surface area contributed by atoms with E-state index in [1.54, 1.807) is 25.4 Å². The highest BCUT2D eigenvalue weighted by molar-refractivity contribution is 6.08. The molecule has 0 aromatic carbocycles. The van der Waals surface area contributed by atoms with Crippen LogP contribution in [0.25, 0.3) is 11.0 Å². The number of ketones is 1.